The van der Waals surface area contributed by atoms with E-state index < -0.39 is 10.1 Å². The fourth-order valence-electron chi connectivity index (χ4n) is 1.38. The first-order valence-corrected chi connectivity index (χ1v) is 7.19. The molecule has 20 heavy (non-hydrogen) atoms. The van der Waals surface area contributed by atoms with Crippen molar-refractivity contribution < 1.29 is 22.6 Å². The Hall–Kier alpha value is -2.05. The molecule has 0 spiro atoms. The Morgan fingerprint density at radius 1 is 1.15 bits per heavy atom. The topological polar surface area (TPSA) is 88.5 Å². The van der Waals surface area contributed by atoms with Crippen molar-refractivity contribution in [3.63, 3.8) is 0 Å². The van der Waals surface area contributed by atoms with Gasteiger partial charge in [-0.1, -0.05) is 24.3 Å². The fraction of sp³-hybridized carbons (Fsp3) is 0.143. The molecule has 0 unspecified atom stereocenters. The highest BCUT2D eigenvalue weighted by Crippen LogP contribution is 2.07. The number of Topliss-reactive ketones (excluding diaryl/α,β-unsaturated/α-hetero) is 1. The Bertz CT molecular complexity index is 654. The van der Waals surface area contributed by atoms with E-state index in [1.807, 2.05) is 0 Å². The number of rotatable bonds is 2. The number of allylic oxidation sites excluding steroid dienone is 4. The molecule has 0 aliphatic heterocycles. The largest absolute Gasteiger partial charge is 0.295 e. The zero-order valence-corrected chi connectivity index (χ0v) is 11.6. The third-order valence-electron chi connectivity index (χ3n) is 2.42. The second kappa shape index (κ2) is 6.93. The summed E-state index contributed by atoms with van der Waals surface area (Å²) in [4.78, 5) is 21.2. The molecule has 0 heterocycles. The molecule has 106 valence electrons. The van der Waals surface area contributed by atoms with E-state index in [9.17, 15) is 18.0 Å². The van der Waals surface area contributed by atoms with Gasteiger partial charge in [0.1, 0.15) is 0 Å². The van der Waals surface area contributed by atoms with E-state index >= 15 is 0 Å². The number of hydrogen-bond acceptors (Lipinski definition) is 4. The van der Waals surface area contributed by atoms with E-state index in [0.717, 1.165) is 0 Å². The van der Waals surface area contributed by atoms with E-state index in [0.29, 0.717) is 12.0 Å². The molecule has 1 N–H and O–H groups in total. The number of benzene rings is 1. The van der Waals surface area contributed by atoms with Gasteiger partial charge < -0.3 is 0 Å². The van der Waals surface area contributed by atoms with Crippen LogP contribution in [0.25, 0.3) is 0 Å². The van der Waals surface area contributed by atoms with Gasteiger partial charge in [0.05, 0.1) is 4.90 Å². The highest BCUT2D eigenvalue weighted by molar-refractivity contribution is 7.85. The zero-order chi connectivity index (χ0) is 15.2. The zero-order valence-electron chi connectivity index (χ0n) is 10.8. The van der Waals surface area contributed by atoms with Crippen molar-refractivity contribution in [2.24, 2.45) is 0 Å². The number of hydrogen-bond donors (Lipinski definition) is 1. The Labute approximate surface area is 117 Å². The standard InChI is InChI=1S/C8H8O2.C6H6O3S/c1-6(9)7-2-4-8(10)5-3-7;7-10(8,9)6-4-2-1-3-5-6/h2-4H,5H2,1H3;1-5H,(H,7,8,9). The van der Waals surface area contributed by atoms with Crippen molar-refractivity contribution in [3.8, 4) is 0 Å². The molecular formula is C14H14O5S. The molecule has 0 bridgehead atoms. The third kappa shape index (κ3) is 5.29. The average molecular weight is 294 g/mol. The van der Waals surface area contributed by atoms with Crippen LogP contribution >= 0.6 is 0 Å². The van der Waals surface area contributed by atoms with Gasteiger partial charge >= 0.3 is 0 Å². The number of ketones is 2. The minimum absolute atomic E-state index is 0.0174. The van der Waals surface area contributed by atoms with E-state index in [1.54, 1.807) is 30.4 Å². The molecule has 1 aromatic rings. The predicted molar refractivity (Wildman–Crippen MR) is 73.8 cm³/mol. The van der Waals surface area contributed by atoms with E-state index in [2.05, 4.69) is 0 Å². The molecule has 2 rings (SSSR count). The van der Waals surface area contributed by atoms with Crippen molar-refractivity contribution in [1.29, 1.82) is 0 Å². The van der Waals surface area contributed by atoms with E-state index in [1.165, 1.54) is 25.1 Å². The lowest BCUT2D eigenvalue weighted by Gasteiger charge is -1.99. The van der Waals surface area contributed by atoms with Gasteiger partial charge in [-0.25, -0.2) is 0 Å². The lowest BCUT2D eigenvalue weighted by atomic mass is 10.0. The van der Waals surface area contributed by atoms with Crippen LogP contribution in [0.3, 0.4) is 0 Å². The minimum atomic E-state index is -4.00. The lowest BCUT2D eigenvalue weighted by Crippen LogP contribution is -2.01. The number of carbonyl (C=O) groups is 2. The molecule has 0 saturated heterocycles. The molecule has 1 aromatic carbocycles. The highest BCUT2D eigenvalue weighted by atomic mass is 32.2. The first-order valence-electron chi connectivity index (χ1n) is 5.75. The minimum Gasteiger partial charge on any atom is -0.295 e. The molecule has 0 saturated carbocycles. The van der Waals surface area contributed by atoms with Gasteiger partial charge in [0, 0.05) is 12.0 Å². The molecule has 1 aliphatic carbocycles. The van der Waals surface area contributed by atoms with Crippen LogP contribution < -0.4 is 0 Å². The quantitative estimate of drug-likeness (QED) is 0.842. The van der Waals surface area contributed by atoms with Crippen molar-refractivity contribution in [1.82, 2.24) is 0 Å². The van der Waals surface area contributed by atoms with Crippen LogP contribution in [0.2, 0.25) is 0 Å². The van der Waals surface area contributed by atoms with Crippen LogP contribution in [0.4, 0.5) is 0 Å². The third-order valence-corrected chi connectivity index (χ3v) is 3.29. The molecule has 1 aliphatic rings. The van der Waals surface area contributed by atoms with Crippen LogP contribution in [0.15, 0.2) is 59.0 Å². The Morgan fingerprint density at radius 2 is 1.75 bits per heavy atom. The second-order valence-electron chi connectivity index (χ2n) is 4.01. The smallest absolute Gasteiger partial charge is 0.294 e. The summed E-state index contributed by atoms with van der Waals surface area (Å²) in [7, 11) is -4.00. The van der Waals surface area contributed by atoms with Crippen LogP contribution in [0.1, 0.15) is 13.3 Å². The van der Waals surface area contributed by atoms with Gasteiger partial charge in [0.2, 0.25) is 0 Å². The summed E-state index contributed by atoms with van der Waals surface area (Å²) in [6.07, 6.45) is 5.03. The summed E-state index contributed by atoms with van der Waals surface area (Å²) >= 11 is 0. The molecule has 0 radical (unpaired) electrons. The fourth-order valence-corrected chi connectivity index (χ4v) is 1.88. The summed E-state index contributed by atoms with van der Waals surface area (Å²) in [5.41, 5.74) is 0.639. The Kier molecular flexibility index (Phi) is 5.54. The maximum Gasteiger partial charge on any atom is 0.294 e. The Morgan fingerprint density at radius 3 is 2.10 bits per heavy atom. The molecule has 5 nitrogen and oxygen atoms in total. The van der Waals surface area contributed by atoms with E-state index in [-0.39, 0.29) is 16.5 Å². The summed E-state index contributed by atoms with van der Waals surface area (Å²) in [6, 6.07) is 7.42. The molecule has 0 aromatic heterocycles. The van der Waals surface area contributed by atoms with Crippen LogP contribution in [-0.4, -0.2) is 24.5 Å². The molecule has 0 atom stereocenters. The maximum atomic E-state index is 10.7. The van der Waals surface area contributed by atoms with Crippen LogP contribution in [0, 0.1) is 0 Å². The van der Waals surface area contributed by atoms with Gasteiger partial charge in [-0.05, 0) is 31.2 Å². The summed E-state index contributed by atoms with van der Waals surface area (Å²) in [5, 5.41) is 0. The number of carbonyl (C=O) groups excluding carboxylic acids is 2. The average Bonchev–Trinajstić information content (AvgIpc) is 2.40. The van der Waals surface area contributed by atoms with Crippen molar-refractivity contribution in [2.45, 2.75) is 18.2 Å². The molecule has 6 heteroatoms. The summed E-state index contributed by atoms with van der Waals surface area (Å²) < 4.78 is 29.2. The van der Waals surface area contributed by atoms with Gasteiger partial charge in [-0.2, -0.15) is 8.42 Å². The Balaban J connectivity index is 0.000000200. The maximum absolute atomic E-state index is 10.7. The normalized spacial score (nSPS) is 14.1. The monoisotopic (exact) mass is 294 g/mol. The first kappa shape index (κ1) is 16.0. The summed E-state index contributed by atoms with van der Waals surface area (Å²) in [6.45, 7) is 1.49. The first-order chi connectivity index (χ1) is 9.30. The highest BCUT2D eigenvalue weighted by Gasteiger charge is 2.06. The van der Waals surface area contributed by atoms with Crippen molar-refractivity contribution in [2.75, 3.05) is 0 Å². The molecule has 0 fully saturated rings. The summed E-state index contributed by atoms with van der Waals surface area (Å²) in [5.74, 6) is 0.0775. The SMILES string of the molecule is CC(=O)C1=CCC(=O)C=C1.O=S(=O)(O)c1ccccc1. The van der Waals surface area contributed by atoms with Gasteiger partial charge in [-0.3, -0.25) is 14.1 Å². The van der Waals surface area contributed by atoms with E-state index in [4.69, 9.17) is 4.55 Å². The molecular weight excluding hydrogens is 280 g/mol. The van der Waals surface area contributed by atoms with Crippen LogP contribution in [0.5, 0.6) is 0 Å². The van der Waals surface area contributed by atoms with Crippen molar-refractivity contribution in [3.05, 3.63) is 54.1 Å². The predicted octanol–water partition coefficient (Wildman–Crippen LogP) is 1.96. The van der Waals surface area contributed by atoms with Gasteiger partial charge in [0.15, 0.2) is 11.6 Å². The molecule has 0 amide bonds. The van der Waals surface area contributed by atoms with Crippen molar-refractivity contribution >= 4 is 21.7 Å². The van der Waals surface area contributed by atoms with Crippen LogP contribution in [-0.2, 0) is 19.7 Å². The van der Waals surface area contributed by atoms with Gasteiger partial charge in [0.25, 0.3) is 10.1 Å². The lowest BCUT2D eigenvalue weighted by molar-refractivity contribution is -0.114. The second-order valence-corrected chi connectivity index (χ2v) is 5.43. The van der Waals surface area contributed by atoms with Gasteiger partial charge in [-0.15, -0.1) is 0 Å².